The van der Waals surface area contributed by atoms with Crippen molar-refractivity contribution in [2.24, 2.45) is 5.92 Å². The molecule has 0 saturated carbocycles. The molecule has 1 amide bonds. The maximum Gasteiger partial charge on any atom is 0.306 e. The van der Waals surface area contributed by atoms with Crippen molar-refractivity contribution in [3.8, 4) is 0 Å². The second-order valence-electron chi connectivity index (χ2n) is 4.94. The lowest BCUT2D eigenvalue weighted by Gasteiger charge is -2.29. The van der Waals surface area contributed by atoms with E-state index in [1.54, 1.807) is 17.0 Å². The summed E-state index contributed by atoms with van der Waals surface area (Å²) < 4.78 is 14.3. The maximum absolute atomic E-state index is 13.5. The Kier molecular flexibility index (Phi) is 5.12. The summed E-state index contributed by atoms with van der Waals surface area (Å²) in [5, 5.41) is 8.91. The molecule has 21 heavy (non-hydrogen) atoms. The average molecular weight is 356 g/mol. The third kappa shape index (κ3) is 4.14. The van der Waals surface area contributed by atoms with Gasteiger partial charge in [0.05, 0.1) is 5.92 Å². The first-order chi connectivity index (χ1) is 9.97. The fourth-order valence-corrected chi connectivity index (χ4v) is 2.63. The quantitative estimate of drug-likeness (QED) is 0.848. The number of hydrogen-bond acceptors (Lipinski definition) is 2. The molecule has 0 atom stereocenters. The lowest BCUT2D eigenvalue weighted by atomic mass is 9.97. The topological polar surface area (TPSA) is 57.6 Å². The molecule has 1 aromatic carbocycles. The van der Waals surface area contributed by atoms with E-state index in [-0.39, 0.29) is 11.8 Å². The molecule has 6 heteroatoms. The summed E-state index contributed by atoms with van der Waals surface area (Å²) in [5.74, 6) is -1.81. The number of halogens is 2. The van der Waals surface area contributed by atoms with Gasteiger partial charge in [-0.05, 0) is 37.1 Å². The molecule has 1 N–H and O–H groups in total. The number of amides is 1. The zero-order chi connectivity index (χ0) is 15.4. The van der Waals surface area contributed by atoms with Crippen molar-refractivity contribution >= 4 is 33.9 Å². The van der Waals surface area contributed by atoms with Gasteiger partial charge in [-0.25, -0.2) is 4.39 Å². The molecule has 0 spiro atoms. The first-order valence-corrected chi connectivity index (χ1v) is 7.41. The summed E-state index contributed by atoms with van der Waals surface area (Å²) in [7, 11) is 0. The number of carbonyl (C=O) groups excluding carboxylic acids is 1. The number of carboxylic acids is 1. The molecule has 2 rings (SSSR count). The molecule has 1 heterocycles. The molecule has 1 aliphatic heterocycles. The fraction of sp³-hybridized carbons (Fsp3) is 0.333. The van der Waals surface area contributed by atoms with E-state index in [0.29, 0.717) is 31.5 Å². The number of carbonyl (C=O) groups is 2. The van der Waals surface area contributed by atoms with Gasteiger partial charge in [-0.1, -0.05) is 15.9 Å². The zero-order valence-electron chi connectivity index (χ0n) is 11.3. The normalized spacial score (nSPS) is 16.4. The van der Waals surface area contributed by atoms with Crippen molar-refractivity contribution in [2.75, 3.05) is 13.1 Å². The van der Waals surface area contributed by atoms with Gasteiger partial charge in [0.15, 0.2) is 0 Å². The second-order valence-corrected chi connectivity index (χ2v) is 5.85. The number of likely N-dealkylation sites (tertiary alicyclic amines) is 1. The number of carboxylic acid groups (broad SMARTS) is 1. The van der Waals surface area contributed by atoms with Crippen molar-refractivity contribution in [3.05, 3.63) is 40.1 Å². The second kappa shape index (κ2) is 6.85. The van der Waals surface area contributed by atoms with Gasteiger partial charge >= 0.3 is 5.97 Å². The summed E-state index contributed by atoms with van der Waals surface area (Å²) >= 11 is 3.25. The van der Waals surface area contributed by atoms with Gasteiger partial charge in [0.2, 0.25) is 5.91 Å². The van der Waals surface area contributed by atoms with E-state index >= 15 is 0 Å². The largest absolute Gasteiger partial charge is 0.481 e. The zero-order valence-corrected chi connectivity index (χ0v) is 12.8. The molecule has 1 saturated heterocycles. The summed E-state index contributed by atoms with van der Waals surface area (Å²) in [5.41, 5.74) is 0.332. The van der Waals surface area contributed by atoms with Crippen LogP contribution in [-0.4, -0.2) is 35.0 Å². The Labute approximate surface area is 130 Å². The van der Waals surface area contributed by atoms with E-state index in [9.17, 15) is 14.0 Å². The molecular formula is C15H15BrFNO3. The van der Waals surface area contributed by atoms with Crippen LogP contribution in [0.15, 0.2) is 28.7 Å². The number of rotatable bonds is 3. The van der Waals surface area contributed by atoms with E-state index in [1.165, 1.54) is 18.2 Å². The van der Waals surface area contributed by atoms with E-state index in [2.05, 4.69) is 15.9 Å². The highest BCUT2D eigenvalue weighted by Gasteiger charge is 2.25. The number of aliphatic carboxylic acids is 1. The van der Waals surface area contributed by atoms with Gasteiger partial charge in [0, 0.05) is 29.2 Å². The third-order valence-corrected chi connectivity index (χ3v) is 4.01. The standard InChI is InChI=1S/C15H15BrFNO3/c16-12-2-3-13(17)11(9-12)1-4-14(19)18-7-5-10(6-8-18)15(20)21/h1-4,9-10H,5-8H2,(H,20,21)/b4-1+. The van der Waals surface area contributed by atoms with Gasteiger partial charge in [-0.3, -0.25) is 9.59 Å². The molecule has 0 radical (unpaired) electrons. The third-order valence-electron chi connectivity index (χ3n) is 3.52. The van der Waals surface area contributed by atoms with Gasteiger partial charge in [0.25, 0.3) is 0 Å². The lowest BCUT2D eigenvalue weighted by Crippen LogP contribution is -2.39. The summed E-state index contributed by atoms with van der Waals surface area (Å²) in [6.07, 6.45) is 3.68. The van der Waals surface area contributed by atoms with Crippen LogP contribution in [0.2, 0.25) is 0 Å². The molecule has 1 fully saturated rings. The van der Waals surface area contributed by atoms with Crippen LogP contribution in [0.25, 0.3) is 6.08 Å². The van der Waals surface area contributed by atoms with Crippen molar-refractivity contribution in [3.63, 3.8) is 0 Å². The summed E-state index contributed by atoms with van der Waals surface area (Å²) in [4.78, 5) is 24.4. The molecular weight excluding hydrogens is 341 g/mol. The number of benzene rings is 1. The number of hydrogen-bond donors (Lipinski definition) is 1. The molecule has 1 aliphatic rings. The first kappa shape index (κ1) is 15.7. The predicted molar refractivity (Wildman–Crippen MR) is 80.1 cm³/mol. The number of piperidine rings is 1. The van der Waals surface area contributed by atoms with Crippen LogP contribution in [0, 0.1) is 11.7 Å². The molecule has 0 unspecified atom stereocenters. The Morgan fingerprint density at radius 2 is 2.00 bits per heavy atom. The maximum atomic E-state index is 13.5. The Balaban J connectivity index is 1.97. The van der Waals surface area contributed by atoms with Crippen LogP contribution in [0.3, 0.4) is 0 Å². The van der Waals surface area contributed by atoms with Gasteiger partial charge in [-0.2, -0.15) is 0 Å². The molecule has 112 valence electrons. The van der Waals surface area contributed by atoms with Gasteiger partial charge in [-0.15, -0.1) is 0 Å². The van der Waals surface area contributed by atoms with Crippen LogP contribution >= 0.6 is 15.9 Å². The van der Waals surface area contributed by atoms with Crippen LogP contribution < -0.4 is 0 Å². The van der Waals surface area contributed by atoms with Crippen LogP contribution in [0.1, 0.15) is 18.4 Å². The Bertz CT molecular complexity index is 580. The van der Waals surface area contributed by atoms with E-state index in [1.807, 2.05) is 0 Å². The lowest BCUT2D eigenvalue weighted by molar-refractivity contribution is -0.144. The minimum atomic E-state index is -0.811. The van der Waals surface area contributed by atoms with E-state index in [0.717, 1.165) is 4.47 Å². The van der Waals surface area contributed by atoms with Crippen molar-refractivity contribution in [1.82, 2.24) is 4.90 Å². The minimum Gasteiger partial charge on any atom is -0.481 e. The van der Waals surface area contributed by atoms with Gasteiger partial charge in [0.1, 0.15) is 5.82 Å². The van der Waals surface area contributed by atoms with E-state index < -0.39 is 11.8 Å². The van der Waals surface area contributed by atoms with Crippen LogP contribution in [0.4, 0.5) is 4.39 Å². The van der Waals surface area contributed by atoms with Crippen molar-refractivity contribution < 1.29 is 19.1 Å². The fourth-order valence-electron chi connectivity index (χ4n) is 2.26. The first-order valence-electron chi connectivity index (χ1n) is 6.62. The Hall–Kier alpha value is -1.69. The summed E-state index contributed by atoms with van der Waals surface area (Å²) in [6.45, 7) is 0.836. The Morgan fingerprint density at radius 3 is 2.62 bits per heavy atom. The molecule has 0 aromatic heterocycles. The van der Waals surface area contributed by atoms with Crippen LogP contribution in [-0.2, 0) is 9.59 Å². The van der Waals surface area contributed by atoms with Crippen molar-refractivity contribution in [1.29, 1.82) is 0 Å². The van der Waals surface area contributed by atoms with Crippen molar-refractivity contribution in [2.45, 2.75) is 12.8 Å². The molecule has 4 nitrogen and oxygen atoms in total. The SMILES string of the molecule is O=C(O)C1CCN(C(=O)/C=C/c2cc(Br)ccc2F)CC1. The average Bonchev–Trinajstić information content (AvgIpc) is 2.48. The minimum absolute atomic E-state index is 0.224. The predicted octanol–water partition coefficient (Wildman–Crippen LogP) is 2.92. The van der Waals surface area contributed by atoms with Gasteiger partial charge < -0.3 is 10.0 Å². The molecule has 0 bridgehead atoms. The highest BCUT2D eigenvalue weighted by Crippen LogP contribution is 2.19. The summed E-state index contributed by atoms with van der Waals surface area (Å²) in [6, 6.07) is 4.51. The molecule has 1 aromatic rings. The molecule has 0 aliphatic carbocycles. The highest BCUT2D eigenvalue weighted by molar-refractivity contribution is 9.10. The monoisotopic (exact) mass is 355 g/mol. The highest BCUT2D eigenvalue weighted by atomic mass is 79.9. The van der Waals surface area contributed by atoms with E-state index in [4.69, 9.17) is 5.11 Å². The Morgan fingerprint density at radius 1 is 1.33 bits per heavy atom. The smallest absolute Gasteiger partial charge is 0.306 e. The number of nitrogens with zero attached hydrogens (tertiary/aromatic N) is 1. The van der Waals surface area contributed by atoms with Crippen LogP contribution in [0.5, 0.6) is 0 Å².